The van der Waals surface area contributed by atoms with Crippen molar-refractivity contribution in [3.05, 3.63) is 290 Å². The van der Waals surface area contributed by atoms with E-state index in [1.165, 1.54) is 96.1 Å². The summed E-state index contributed by atoms with van der Waals surface area (Å²) in [6.45, 7) is 0. The Morgan fingerprint density at radius 3 is 0.937 bits per heavy atom. The van der Waals surface area contributed by atoms with E-state index in [0.29, 0.717) is 29.4 Å². The van der Waals surface area contributed by atoms with E-state index in [1.54, 1.807) is 0 Å². The SMILES string of the molecule is c1ccc([Si](c2ccccc2)(c2ccccc2)c2ccccc2-c2nc(-c3ccccc3[Si](c3ccccc3)(c3ccccc3)c3ccccc3)nc(N3c4ccccc4C4(c5ccccc53)C3CC5CC(C3)CC4C5)n2)cc1. The van der Waals surface area contributed by atoms with Crippen molar-refractivity contribution in [1.82, 2.24) is 15.0 Å². The number of hydrogen-bond acceptors (Lipinski definition) is 4. The number of anilines is 3. The third kappa shape index (κ3) is 7.34. The molecule has 1 spiro atoms. The summed E-state index contributed by atoms with van der Waals surface area (Å²) < 4.78 is 0. The Kier molecular flexibility index (Phi) is 11.7. The summed E-state index contributed by atoms with van der Waals surface area (Å²) in [6.07, 6.45) is 6.61. The summed E-state index contributed by atoms with van der Waals surface area (Å²) in [5, 5.41) is 10.2. The highest BCUT2D eigenvalue weighted by molar-refractivity contribution is 7.21. The first-order valence-electron chi connectivity index (χ1n) is 28.4. The first-order valence-corrected chi connectivity index (χ1v) is 32.4. The number of fused-ring (bicyclic) bond motifs is 2. The van der Waals surface area contributed by atoms with Gasteiger partial charge in [0.1, 0.15) is 0 Å². The van der Waals surface area contributed by atoms with Gasteiger partial charge in [-0.25, -0.2) is 4.98 Å². The summed E-state index contributed by atoms with van der Waals surface area (Å²) in [7, 11) is -6.24. The van der Waals surface area contributed by atoms with E-state index in [-0.39, 0.29) is 5.41 Å². The van der Waals surface area contributed by atoms with Crippen LogP contribution in [-0.4, -0.2) is 31.1 Å². The van der Waals surface area contributed by atoms with Gasteiger partial charge in [0.25, 0.3) is 0 Å². The van der Waals surface area contributed by atoms with Crippen LogP contribution < -0.4 is 46.4 Å². The molecule has 380 valence electrons. The Bertz CT molecular complexity index is 3530. The summed E-state index contributed by atoms with van der Waals surface area (Å²) in [6, 6.07) is 104. The second-order valence-electron chi connectivity index (χ2n) is 22.6. The van der Waals surface area contributed by atoms with Crippen LogP contribution in [0.4, 0.5) is 17.3 Å². The van der Waals surface area contributed by atoms with Gasteiger partial charge in [-0.05, 0) is 121 Å². The Labute approximate surface area is 466 Å². The lowest BCUT2D eigenvalue weighted by Gasteiger charge is -2.64. The first kappa shape index (κ1) is 47.6. The van der Waals surface area contributed by atoms with E-state index in [0.717, 1.165) is 23.0 Å². The van der Waals surface area contributed by atoms with Gasteiger partial charge in [0.05, 0.1) is 11.4 Å². The van der Waals surface area contributed by atoms with E-state index >= 15 is 0 Å². The van der Waals surface area contributed by atoms with E-state index < -0.39 is 16.1 Å². The molecule has 1 aromatic heterocycles. The van der Waals surface area contributed by atoms with Crippen molar-refractivity contribution in [2.24, 2.45) is 23.7 Å². The highest BCUT2D eigenvalue weighted by Crippen LogP contribution is 2.69. The molecule has 2 heterocycles. The van der Waals surface area contributed by atoms with Gasteiger partial charge < -0.3 is 0 Å². The third-order valence-electron chi connectivity index (χ3n) is 18.8. The largest absolute Gasteiger partial charge is 0.278 e. The normalized spacial score (nSPS) is 18.7. The first-order chi connectivity index (χ1) is 39.2. The Hall–Kier alpha value is -8.56. The maximum Gasteiger partial charge on any atom is 0.238 e. The molecule has 4 aliphatic carbocycles. The molecule has 0 N–H and O–H groups in total. The fourth-order valence-electron chi connectivity index (χ4n) is 16.1. The van der Waals surface area contributed by atoms with Crippen LogP contribution in [0.3, 0.4) is 0 Å². The van der Waals surface area contributed by atoms with Gasteiger partial charge in [0.15, 0.2) is 27.8 Å². The summed E-state index contributed by atoms with van der Waals surface area (Å²) >= 11 is 0. The van der Waals surface area contributed by atoms with Crippen molar-refractivity contribution in [2.45, 2.75) is 37.5 Å². The van der Waals surface area contributed by atoms with E-state index in [2.05, 4.69) is 284 Å². The minimum absolute atomic E-state index is 0.0759. The molecule has 4 bridgehead atoms. The topological polar surface area (TPSA) is 41.9 Å². The van der Waals surface area contributed by atoms with Crippen LogP contribution >= 0.6 is 0 Å². The van der Waals surface area contributed by atoms with Crippen LogP contribution in [0.2, 0.25) is 0 Å². The fourth-order valence-corrected chi connectivity index (χ4v) is 26.0. The highest BCUT2D eigenvalue weighted by atomic mass is 28.3. The molecule has 11 aromatic rings. The quantitative estimate of drug-likeness (QED) is 0.0956. The molecule has 4 fully saturated rings. The van der Waals surface area contributed by atoms with Crippen molar-refractivity contribution >= 4 is 75.0 Å². The van der Waals surface area contributed by atoms with Gasteiger partial charge >= 0.3 is 0 Å². The highest BCUT2D eigenvalue weighted by Gasteiger charge is 2.61. The number of para-hydroxylation sites is 2. The third-order valence-corrected chi connectivity index (χ3v) is 28.5. The zero-order chi connectivity index (χ0) is 52.4. The molecule has 0 atom stereocenters. The van der Waals surface area contributed by atoms with Gasteiger partial charge in [0.2, 0.25) is 5.95 Å². The minimum atomic E-state index is -3.12. The lowest BCUT2D eigenvalue weighted by molar-refractivity contribution is -0.0419. The second kappa shape index (κ2) is 19.4. The van der Waals surface area contributed by atoms with Crippen molar-refractivity contribution < 1.29 is 0 Å². The predicted octanol–water partition coefficient (Wildman–Crippen LogP) is 11.5. The predicted molar refractivity (Wildman–Crippen MR) is 330 cm³/mol. The molecule has 0 unspecified atom stereocenters. The Balaban J connectivity index is 1.05. The second-order valence-corrected chi connectivity index (χ2v) is 30.2. The molecule has 16 rings (SSSR count). The van der Waals surface area contributed by atoms with Gasteiger partial charge in [-0.3, -0.25) is 4.90 Å². The van der Waals surface area contributed by atoms with Crippen molar-refractivity contribution in [2.75, 3.05) is 4.90 Å². The molecular weight excluding hydrogens is 989 g/mol. The zero-order valence-electron chi connectivity index (χ0n) is 44.2. The van der Waals surface area contributed by atoms with Crippen LogP contribution in [0, 0.1) is 23.7 Å². The zero-order valence-corrected chi connectivity index (χ0v) is 46.2. The summed E-state index contributed by atoms with van der Waals surface area (Å²) in [5.41, 5.74) is 7.15. The monoisotopic (exact) mass is 1050 g/mol. The van der Waals surface area contributed by atoms with Crippen LogP contribution in [0.25, 0.3) is 22.8 Å². The molecule has 0 radical (unpaired) electrons. The maximum absolute atomic E-state index is 5.93. The number of hydrogen-bond donors (Lipinski definition) is 0. The van der Waals surface area contributed by atoms with Crippen LogP contribution in [0.15, 0.2) is 279 Å². The van der Waals surface area contributed by atoms with Crippen molar-refractivity contribution in [1.29, 1.82) is 0 Å². The van der Waals surface area contributed by atoms with Gasteiger partial charge in [-0.1, -0.05) is 267 Å². The minimum Gasteiger partial charge on any atom is -0.278 e. The van der Waals surface area contributed by atoms with Crippen molar-refractivity contribution in [3.63, 3.8) is 0 Å². The number of nitrogens with zero attached hydrogens (tertiary/aromatic N) is 4. The van der Waals surface area contributed by atoms with Crippen molar-refractivity contribution in [3.8, 4) is 22.8 Å². The molecular formula is C73H60N4Si2. The Morgan fingerprint density at radius 1 is 0.304 bits per heavy atom. The average Bonchev–Trinajstić information content (AvgIpc) is 3.48. The summed E-state index contributed by atoms with van der Waals surface area (Å²) in [5.74, 6) is 4.78. The average molecular weight is 1050 g/mol. The molecule has 79 heavy (non-hydrogen) atoms. The molecule has 6 heteroatoms. The van der Waals surface area contributed by atoms with Crippen LogP contribution in [-0.2, 0) is 5.41 Å². The van der Waals surface area contributed by atoms with E-state index in [9.17, 15) is 0 Å². The van der Waals surface area contributed by atoms with E-state index in [1.807, 2.05) is 0 Å². The fraction of sp³-hybridized carbons (Fsp3) is 0.137. The number of aromatic nitrogens is 3. The van der Waals surface area contributed by atoms with Crippen LogP contribution in [0.5, 0.6) is 0 Å². The molecule has 4 nitrogen and oxygen atoms in total. The van der Waals surface area contributed by atoms with Gasteiger partial charge in [-0.15, -0.1) is 0 Å². The van der Waals surface area contributed by atoms with Crippen LogP contribution in [0.1, 0.15) is 43.2 Å². The molecule has 0 amide bonds. The van der Waals surface area contributed by atoms with Gasteiger partial charge in [0, 0.05) is 16.5 Å². The standard InChI is InChI=1S/C73H60N4Si2/c1-7-27-56(28-8-1)78(57-29-9-2-10-30-57,58-31-11-3-12-32-58)68-45-25-19-39-62(68)70-74-71(63-40-20-26-46-69(63)79(59-33-13-4-14-34-59,60-35-15-5-16-36-60)61-37-17-6-18-38-61)76-72(75-70)77-66-43-23-21-41-64(66)73(65-42-22-24-44-67(65)77)54-48-52-47-53(50-54)51-55(73)49-52/h1-46,52-55H,47-51H2. The lowest BCUT2D eigenvalue weighted by Crippen LogP contribution is -2.75. The number of rotatable bonds is 11. The molecule has 4 saturated carbocycles. The lowest BCUT2D eigenvalue weighted by atomic mass is 9.41. The summed E-state index contributed by atoms with van der Waals surface area (Å²) in [4.78, 5) is 20.2. The molecule has 5 aliphatic rings. The molecule has 1 aliphatic heterocycles. The molecule has 10 aromatic carbocycles. The van der Waals surface area contributed by atoms with E-state index in [4.69, 9.17) is 15.0 Å². The number of benzene rings is 10. The maximum atomic E-state index is 5.93. The molecule has 0 saturated heterocycles. The Morgan fingerprint density at radius 2 is 0.595 bits per heavy atom. The smallest absolute Gasteiger partial charge is 0.238 e. The van der Waals surface area contributed by atoms with Gasteiger partial charge in [-0.2, -0.15) is 9.97 Å².